The average Bonchev–Trinajstić information content (AvgIpc) is 1.87. The lowest BCUT2D eigenvalue weighted by Gasteiger charge is -1.98. The molecule has 0 fully saturated rings. The van der Waals surface area contributed by atoms with E-state index in [0.717, 1.165) is 0 Å². The Morgan fingerprint density at radius 3 is 2.50 bits per heavy atom. The van der Waals surface area contributed by atoms with Crippen LogP contribution in [0.3, 0.4) is 0 Å². The van der Waals surface area contributed by atoms with Crippen molar-refractivity contribution in [2.24, 2.45) is 5.73 Å². The molecule has 0 heterocycles. The zero-order chi connectivity index (χ0) is 7.98. The first kappa shape index (κ1) is 8.94. The zero-order valence-corrected chi connectivity index (χ0v) is 6.02. The van der Waals surface area contributed by atoms with Gasteiger partial charge in [-0.25, -0.2) is 0 Å². The Labute approximate surface area is 59.8 Å². The van der Waals surface area contributed by atoms with E-state index in [1.54, 1.807) is 6.92 Å². The fourth-order valence-corrected chi connectivity index (χ4v) is 0.450. The van der Waals surface area contributed by atoms with E-state index in [1.807, 2.05) is 0 Å². The predicted molar refractivity (Wildman–Crippen MR) is 37.1 cm³/mol. The molecule has 0 aromatic heterocycles. The maximum absolute atomic E-state index is 10.5. The Morgan fingerprint density at radius 1 is 1.50 bits per heavy atom. The number of carbonyl (C=O) groups excluding carboxylic acids is 2. The summed E-state index contributed by atoms with van der Waals surface area (Å²) in [7, 11) is 0. The van der Waals surface area contributed by atoms with E-state index in [0.29, 0.717) is 13.0 Å². The Morgan fingerprint density at radius 2 is 2.10 bits per heavy atom. The second-order valence-corrected chi connectivity index (χ2v) is 1.92. The molecule has 0 aromatic rings. The third-order valence-corrected chi connectivity index (χ3v) is 1.01. The highest BCUT2D eigenvalue weighted by molar-refractivity contribution is 5.77. The van der Waals surface area contributed by atoms with Crippen LogP contribution in [-0.4, -0.2) is 18.4 Å². The van der Waals surface area contributed by atoms with Crippen molar-refractivity contribution in [1.82, 2.24) is 5.32 Å². The van der Waals surface area contributed by atoms with Crippen molar-refractivity contribution in [1.29, 1.82) is 0 Å². The molecule has 0 rings (SSSR count). The average molecular weight is 144 g/mol. The smallest absolute Gasteiger partial charge is 0.219 e. The van der Waals surface area contributed by atoms with Gasteiger partial charge in [-0.15, -0.1) is 0 Å². The molecule has 0 unspecified atom stereocenters. The van der Waals surface area contributed by atoms with Crippen molar-refractivity contribution in [3.63, 3.8) is 0 Å². The minimum Gasteiger partial charge on any atom is -0.370 e. The van der Waals surface area contributed by atoms with Crippen molar-refractivity contribution < 1.29 is 9.59 Å². The maximum Gasteiger partial charge on any atom is 0.219 e. The van der Waals surface area contributed by atoms with Gasteiger partial charge < -0.3 is 11.1 Å². The highest BCUT2D eigenvalue weighted by atomic mass is 16.2. The summed E-state index contributed by atoms with van der Waals surface area (Å²) >= 11 is 0. The highest BCUT2D eigenvalue weighted by Gasteiger charge is 1.96. The first-order valence-corrected chi connectivity index (χ1v) is 3.21. The number of nitrogens with one attached hydrogen (secondary N) is 1. The molecule has 0 aliphatic heterocycles. The molecule has 0 saturated heterocycles. The van der Waals surface area contributed by atoms with Gasteiger partial charge >= 0.3 is 0 Å². The molecule has 0 saturated carbocycles. The molecule has 10 heavy (non-hydrogen) atoms. The quantitative estimate of drug-likeness (QED) is 0.552. The van der Waals surface area contributed by atoms with Crippen LogP contribution in [-0.2, 0) is 9.59 Å². The number of hydrogen-bond acceptors (Lipinski definition) is 2. The van der Waals surface area contributed by atoms with E-state index in [4.69, 9.17) is 5.73 Å². The third-order valence-electron chi connectivity index (χ3n) is 1.01. The molecule has 2 amide bonds. The number of carbonyl (C=O) groups is 2. The Kier molecular flexibility index (Phi) is 4.28. The van der Waals surface area contributed by atoms with Crippen LogP contribution in [0.2, 0.25) is 0 Å². The van der Waals surface area contributed by atoms with Gasteiger partial charge in [0.1, 0.15) is 0 Å². The van der Waals surface area contributed by atoms with Crippen LogP contribution in [0.25, 0.3) is 0 Å². The van der Waals surface area contributed by atoms with Crippen molar-refractivity contribution >= 4 is 11.8 Å². The second kappa shape index (κ2) is 4.78. The highest BCUT2D eigenvalue weighted by Crippen LogP contribution is 1.76. The van der Waals surface area contributed by atoms with Crippen LogP contribution in [0, 0.1) is 0 Å². The van der Waals surface area contributed by atoms with E-state index in [-0.39, 0.29) is 12.3 Å². The molecule has 0 aliphatic rings. The van der Waals surface area contributed by atoms with Crippen LogP contribution >= 0.6 is 0 Å². The number of rotatable bonds is 4. The van der Waals surface area contributed by atoms with Crippen molar-refractivity contribution in [2.45, 2.75) is 19.8 Å². The summed E-state index contributed by atoms with van der Waals surface area (Å²) in [6, 6.07) is 0. The molecule has 4 nitrogen and oxygen atoms in total. The van der Waals surface area contributed by atoms with Crippen molar-refractivity contribution in [2.75, 3.05) is 6.54 Å². The van der Waals surface area contributed by atoms with Crippen LogP contribution in [0.1, 0.15) is 19.8 Å². The first-order chi connectivity index (χ1) is 4.66. The summed E-state index contributed by atoms with van der Waals surface area (Å²) in [6.07, 6.45) is 0.657. The van der Waals surface area contributed by atoms with Crippen LogP contribution in [0.5, 0.6) is 0 Å². The molecule has 0 aromatic carbocycles. The monoisotopic (exact) mass is 144 g/mol. The molecule has 58 valence electrons. The summed E-state index contributed by atoms with van der Waals surface area (Å²) in [5.41, 5.74) is 4.83. The summed E-state index contributed by atoms with van der Waals surface area (Å²) in [5, 5.41) is 2.52. The second-order valence-electron chi connectivity index (χ2n) is 1.92. The van der Waals surface area contributed by atoms with Crippen LogP contribution in [0.15, 0.2) is 0 Å². The van der Waals surface area contributed by atoms with Gasteiger partial charge in [0.25, 0.3) is 0 Å². The van der Waals surface area contributed by atoms with E-state index in [9.17, 15) is 9.59 Å². The molecule has 0 atom stereocenters. The lowest BCUT2D eigenvalue weighted by atomic mass is 10.4. The van der Waals surface area contributed by atoms with Gasteiger partial charge in [-0.1, -0.05) is 6.92 Å². The van der Waals surface area contributed by atoms with Gasteiger partial charge in [-0.2, -0.15) is 0 Å². The molecule has 0 aliphatic carbocycles. The summed E-state index contributed by atoms with van der Waals surface area (Å²) < 4.78 is 0. The van der Waals surface area contributed by atoms with Crippen molar-refractivity contribution in [3.8, 4) is 0 Å². The maximum atomic E-state index is 10.5. The van der Waals surface area contributed by atoms with Gasteiger partial charge in [0, 0.05) is 19.4 Å². The van der Waals surface area contributed by atoms with Gasteiger partial charge in [0.05, 0.1) is 0 Å². The van der Waals surface area contributed by atoms with E-state index in [2.05, 4.69) is 5.32 Å². The number of nitrogens with two attached hydrogens (primary N) is 1. The zero-order valence-electron chi connectivity index (χ0n) is 6.02. The van der Waals surface area contributed by atoms with E-state index >= 15 is 0 Å². The standard InChI is InChI=1S/C6H12N2O2/c1-2-6(10)8-4-3-5(7)9/h2-4H2,1H3,(H2,7,9)(H,8,10). The van der Waals surface area contributed by atoms with E-state index in [1.165, 1.54) is 0 Å². The largest absolute Gasteiger partial charge is 0.370 e. The van der Waals surface area contributed by atoms with Gasteiger partial charge in [-0.05, 0) is 0 Å². The molecular formula is C6H12N2O2. The van der Waals surface area contributed by atoms with Gasteiger partial charge in [0.15, 0.2) is 0 Å². The minimum absolute atomic E-state index is 0.0544. The lowest BCUT2D eigenvalue weighted by Crippen LogP contribution is -2.26. The molecular weight excluding hydrogens is 132 g/mol. The number of amides is 2. The van der Waals surface area contributed by atoms with E-state index < -0.39 is 5.91 Å². The van der Waals surface area contributed by atoms with Crippen LogP contribution in [0.4, 0.5) is 0 Å². The molecule has 0 spiro atoms. The molecule has 3 N–H and O–H groups in total. The first-order valence-electron chi connectivity index (χ1n) is 3.21. The molecule has 4 heteroatoms. The normalized spacial score (nSPS) is 8.90. The third kappa shape index (κ3) is 5.08. The number of hydrogen-bond donors (Lipinski definition) is 2. The Bertz CT molecular complexity index is 134. The lowest BCUT2D eigenvalue weighted by molar-refractivity contribution is -0.121. The summed E-state index contributed by atoms with van der Waals surface area (Å²) in [6.45, 7) is 2.10. The molecule has 0 bridgehead atoms. The number of primary amides is 1. The predicted octanol–water partition coefficient (Wildman–Crippen LogP) is -0.612. The van der Waals surface area contributed by atoms with Gasteiger partial charge in [0.2, 0.25) is 11.8 Å². The fraction of sp³-hybridized carbons (Fsp3) is 0.667. The Balaban J connectivity index is 3.20. The SMILES string of the molecule is CCC(=O)NCCC(N)=O. The minimum atomic E-state index is -0.392. The summed E-state index contributed by atoms with van der Waals surface area (Å²) in [4.78, 5) is 20.7. The Hall–Kier alpha value is -1.06. The van der Waals surface area contributed by atoms with Gasteiger partial charge in [-0.3, -0.25) is 9.59 Å². The fourth-order valence-electron chi connectivity index (χ4n) is 0.450. The molecule has 0 radical (unpaired) electrons. The van der Waals surface area contributed by atoms with Crippen LogP contribution < -0.4 is 11.1 Å². The topological polar surface area (TPSA) is 72.2 Å². The van der Waals surface area contributed by atoms with Crippen molar-refractivity contribution in [3.05, 3.63) is 0 Å². The summed E-state index contributed by atoms with van der Waals surface area (Å²) in [5.74, 6) is -0.447.